The van der Waals surface area contributed by atoms with Crippen LogP contribution in [0.1, 0.15) is 58.3 Å². The summed E-state index contributed by atoms with van der Waals surface area (Å²) in [5.41, 5.74) is -0.237. The second kappa shape index (κ2) is 5.29. The summed E-state index contributed by atoms with van der Waals surface area (Å²) in [6.45, 7) is 2.44. The molecule has 0 aromatic rings. The first-order valence-electron chi connectivity index (χ1n) is 7.06. The van der Waals surface area contributed by atoms with Gasteiger partial charge in [0.1, 0.15) is 0 Å². The monoisotopic (exact) mass is 253 g/mol. The lowest BCUT2D eigenvalue weighted by Crippen LogP contribution is -2.45. The molecule has 18 heavy (non-hydrogen) atoms. The van der Waals surface area contributed by atoms with Crippen molar-refractivity contribution < 1.29 is 14.7 Å². The topological polar surface area (TPSA) is 57.6 Å². The van der Waals surface area contributed by atoms with Crippen molar-refractivity contribution in [3.63, 3.8) is 0 Å². The molecule has 4 nitrogen and oxygen atoms in total. The number of carboxylic acids is 1. The van der Waals surface area contributed by atoms with Crippen LogP contribution in [0.15, 0.2) is 0 Å². The average Bonchev–Trinajstić information content (AvgIpc) is 3.14. The summed E-state index contributed by atoms with van der Waals surface area (Å²) in [5, 5.41) is 8.78. The van der Waals surface area contributed by atoms with Gasteiger partial charge in [0.25, 0.3) is 0 Å². The van der Waals surface area contributed by atoms with E-state index in [1.165, 1.54) is 6.42 Å². The fourth-order valence-corrected chi connectivity index (χ4v) is 2.94. The molecular weight excluding hydrogens is 230 g/mol. The van der Waals surface area contributed by atoms with Crippen molar-refractivity contribution in [1.29, 1.82) is 0 Å². The third-order valence-corrected chi connectivity index (χ3v) is 4.29. The van der Waals surface area contributed by atoms with E-state index in [-0.39, 0.29) is 17.7 Å². The lowest BCUT2D eigenvalue weighted by molar-refractivity contribution is -0.145. The maximum absolute atomic E-state index is 12.6. The highest BCUT2D eigenvalue weighted by Gasteiger charge is 2.42. The first-order valence-corrected chi connectivity index (χ1v) is 7.06. The molecule has 0 radical (unpaired) electrons. The Morgan fingerprint density at radius 1 is 1.22 bits per heavy atom. The molecule has 0 bridgehead atoms. The van der Waals surface area contributed by atoms with Gasteiger partial charge < -0.3 is 10.0 Å². The van der Waals surface area contributed by atoms with Gasteiger partial charge in [-0.15, -0.1) is 0 Å². The van der Waals surface area contributed by atoms with E-state index in [4.69, 9.17) is 5.11 Å². The normalized spacial score (nSPS) is 22.5. The Labute approximate surface area is 108 Å². The van der Waals surface area contributed by atoms with Gasteiger partial charge in [-0.2, -0.15) is 0 Å². The van der Waals surface area contributed by atoms with Crippen LogP contribution in [0.25, 0.3) is 0 Å². The number of rotatable bonds is 5. The first kappa shape index (κ1) is 13.4. The fourth-order valence-electron chi connectivity index (χ4n) is 2.94. The van der Waals surface area contributed by atoms with Crippen molar-refractivity contribution in [1.82, 2.24) is 4.90 Å². The smallest absolute Gasteiger partial charge is 0.305 e. The molecule has 1 N–H and O–H groups in total. The average molecular weight is 253 g/mol. The number of hydrogen-bond acceptors (Lipinski definition) is 2. The van der Waals surface area contributed by atoms with Gasteiger partial charge in [0.2, 0.25) is 5.91 Å². The Balaban J connectivity index is 2.00. The molecule has 2 aliphatic carbocycles. The van der Waals surface area contributed by atoms with E-state index in [2.05, 4.69) is 6.92 Å². The molecule has 2 aliphatic rings. The van der Waals surface area contributed by atoms with Crippen molar-refractivity contribution >= 4 is 11.9 Å². The second-order valence-corrected chi connectivity index (χ2v) is 5.99. The van der Waals surface area contributed by atoms with Crippen LogP contribution >= 0.6 is 0 Å². The van der Waals surface area contributed by atoms with Gasteiger partial charge in [-0.25, -0.2) is 0 Å². The third-order valence-electron chi connectivity index (χ3n) is 4.29. The van der Waals surface area contributed by atoms with Gasteiger partial charge in [-0.1, -0.05) is 26.2 Å². The van der Waals surface area contributed by atoms with Crippen LogP contribution in [-0.4, -0.2) is 34.5 Å². The van der Waals surface area contributed by atoms with Crippen LogP contribution in [0.4, 0.5) is 0 Å². The van der Waals surface area contributed by atoms with Gasteiger partial charge in [0.15, 0.2) is 0 Å². The SMILES string of the molecule is CC1(C(=O)N(CCC(=O)O)C2CC2)CCCCC1. The molecule has 102 valence electrons. The summed E-state index contributed by atoms with van der Waals surface area (Å²) in [6, 6.07) is 0.315. The molecule has 0 atom stereocenters. The molecule has 0 heterocycles. The van der Waals surface area contributed by atoms with Gasteiger partial charge >= 0.3 is 5.97 Å². The highest BCUT2D eigenvalue weighted by molar-refractivity contribution is 5.83. The standard InChI is InChI=1S/C14H23NO3/c1-14(8-3-2-4-9-14)13(18)15(11-5-6-11)10-7-12(16)17/h11H,2-10H2,1H3,(H,16,17). The number of amides is 1. The maximum Gasteiger partial charge on any atom is 0.305 e. The summed E-state index contributed by atoms with van der Waals surface area (Å²) in [7, 11) is 0. The molecular formula is C14H23NO3. The minimum Gasteiger partial charge on any atom is -0.481 e. The van der Waals surface area contributed by atoms with Crippen molar-refractivity contribution in [3.8, 4) is 0 Å². The Morgan fingerprint density at radius 3 is 2.33 bits per heavy atom. The number of carbonyl (C=O) groups excluding carboxylic acids is 1. The molecule has 0 aliphatic heterocycles. The van der Waals surface area contributed by atoms with Crippen molar-refractivity contribution in [3.05, 3.63) is 0 Å². The minimum absolute atomic E-state index is 0.0678. The zero-order valence-corrected chi connectivity index (χ0v) is 11.2. The number of nitrogens with zero attached hydrogens (tertiary/aromatic N) is 1. The Bertz CT molecular complexity index is 330. The molecule has 4 heteroatoms. The zero-order chi connectivity index (χ0) is 13.2. The molecule has 2 fully saturated rings. The van der Waals surface area contributed by atoms with Gasteiger partial charge in [-0.3, -0.25) is 9.59 Å². The summed E-state index contributed by atoms with van der Waals surface area (Å²) < 4.78 is 0. The predicted octanol–water partition coefficient (Wildman–Crippen LogP) is 2.42. The van der Waals surface area contributed by atoms with E-state index in [1.807, 2.05) is 4.90 Å². The quantitative estimate of drug-likeness (QED) is 0.818. The molecule has 2 saturated carbocycles. The summed E-state index contributed by atoms with van der Waals surface area (Å²) >= 11 is 0. The van der Waals surface area contributed by atoms with Crippen molar-refractivity contribution in [2.75, 3.05) is 6.54 Å². The Kier molecular flexibility index (Phi) is 3.93. The van der Waals surface area contributed by atoms with E-state index >= 15 is 0 Å². The third kappa shape index (κ3) is 3.03. The number of carboxylic acid groups (broad SMARTS) is 1. The van der Waals surface area contributed by atoms with Crippen molar-refractivity contribution in [2.45, 2.75) is 64.3 Å². The minimum atomic E-state index is -0.817. The van der Waals surface area contributed by atoms with Crippen LogP contribution in [0.3, 0.4) is 0 Å². The van der Waals surface area contributed by atoms with Gasteiger partial charge in [0, 0.05) is 18.0 Å². The van der Waals surface area contributed by atoms with E-state index < -0.39 is 5.97 Å². The van der Waals surface area contributed by atoms with Crippen LogP contribution in [0.5, 0.6) is 0 Å². The highest BCUT2D eigenvalue weighted by Crippen LogP contribution is 2.40. The van der Waals surface area contributed by atoms with Gasteiger partial charge in [0.05, 0.1) is 6.42 Å². The fraction of sp³-hybridized carbons (Fsp3) is 0.857. The maximum atomic E-state index is 12.6. The van der Waals surface area contributed by atoms with E-state index in [1.54, 1.807) is 0 Å². The van der Waals surface area contributed by atoms with Crippen LogP contribution < -0.4 is 0 Å². The number of aliphatic carboxylic acids is 1. The molecule has 1 amide bonds. The molecule has 2 rings (SSSR count). The van der Waals surface area contributed by atoms with Crippen molar-refractivity contribution in [2.24, 2.45) is 5.41 Å². The largest absolute Gasteiger partial charge is 0.481 e. The van der Waals surface area contributed by atoms with Gasteiger partial charge in [-0.05, 0) is 25.7 Å². The molecule has 0 spiro atoms. The van der Waals surface area contributed by atoms with E-state index in [0.29, 0.717) is 12.6 Å². The first-order chi connectivity index (χ1) is 8.53. The molecule has 0 aromatic carbocycles. The van der Waals surface area contributed by atoms with E-state index in [9.17, 15) is 9.59 Å². The molecule has 0 aromatic heterocycles. The lowest BCUT2D eigenvalue weighted by atomic mass is 9.74. The Hall–Kier alpha value is -1.06. The summed E-state index contributed by atoms with van der Waals surface area (Å²) in [4.78, 5) is 25.2. The predicted molar refractivity (Wildman–Crippen MR) is 68.2 cm³/mol. The summed E-state index contributed by atoms with van der Waals surface area (Å²) in [6.07, 6.45) is 7.55. The number of hydrogen-bond donors (Lipinski definition) is 1. The van der Waals surface area contributed by atoms with Crippen LogP contribution in [-0.2, 0) is 9.59 Å². The lowest BCUT2D eigenvalue weighted by Gasteiger charge is -2.37. The number of carbonyl (C=O) groups is 2. The highest BCUT2D eigenvalue weighted by atomic mass is 16.4. The molecule has 0 saturated heterocycles. The van der Waals surface area contributed by atoms with Crippen LogP contribution in [0, 0.1) is 5.41 Å². The Morgan fingerprint density at radius 2 is 1.83 bits per heavy atom. The second-order valence-electron chi connectivity index (χ2n) is 5.99. The summed E-state index contributed by atoms with van der Waals surface area (Å²) in [5.74, 6) is -0.617. The molecule has 0 unspecified atom stereocenters. The van der Waals surface area contributed by atoms with E-state index in [0.717, 1.165) is 38.5 Å². The van der Waals surface area contributed by atoms with Crippen LogP contribution in [0.2, 0.25) is 0 Å². The zero-order valence-electron chi connectivity index (χ0n) is 11.2.